The minimum Gasteiger partial charge on any atom is -0.379 e. The standard InChI is InChI=1S/C17H14ClF5N4OS/c18-14-2-1-12(29-14)11-7-13(16(19,20)17(21,22)23)27-15(25-11)10(8-24-27)9-26-3-5-28-6-4-26/h1-2,7-8H,3-6,9H2. The Balaban J connectivity index is 1.87. The van der Waals surface area contributed by atoms with Crippen LogP contribution in [-0.4, -0.2) is 52.0 Å². The van der Waals surface area contributed by atoms with Gasteiger partial charge >= 0.3 is 12.1 Å². The van der Waals surface area contributed by atoms with Crippen LogP contribution in [0.5, 0.6) is 0 Å². The van der Waals surface area contributed by atoms with Crippen LogP contribution >= 0.6 is 22.9 Å². The van der Waals surface area contributed by atoms with Crippen molar-refractivity contribution in [3.05, 3.63) is 40.0 Å². The number of hydrogen-bond donors (Lipinski definition) is 0. The quantitative estimate of drug-likeness (QED) is 0.543. The van der Waals surface area contributed by atoms with Crippen LogP contribution in [0.3, 0.4) is 0 Å². The van der Waals surface area contributed by atoms with Gasteiger partial charge in [-0.3, -0.25) is 4.90 Å². The molecule has 0 unspecified atom stereocenters. The van der Waals surface area contributed by atoms with E-state index in [4.69, 9.17) is 16.3 Å². The van der Waals surface area contributed by atoms with Crippen molar-refractivity contribution >= 4 is 28.6 Å². The molecule has 1 aliphatic heterocycles. The number of hydrogen-bond acceptors (Lipinski definition) is 5. The van der Waals surface area contributed by atoms with Crippen molar-refractivity contribution < 1.29 is 26.7 Å². The Morgan fingerprint density at radius 3 is 2.48 bits per heavy atom. The molecule has 1 aliphatic rings. The molecule has 0 aromatic carbocycles. The van der Waals surface area contributed by atoms with Crippen LogP contribution in [-0.2, 0) is 17.2 Å². The maximum absolute atomic E-state index is 14.3. The molecule has 0 bridgehead atoms. The molecule has 1 fully saturated rings. The van der Waals surface area contributed by atoms with Crippen molar-refractivity contribution in [3.63, 3.8) is 0 Å². The van der Waals surface area contributed by atoms with Gasteiger partial charge in [-0.05, 0) is 18.2 Å². The van der Waals surface area contributed by atoms with Gasteiger partial charge in [-0.25, -0.2) is 9.50 Å². The lowest BCUT2D eigenvalue weighted by Crippen LogP contribution is -2.36. The summed E-state index contributed by atoms with van der Waals surface area (Å²) < 4.78 is 74.1. The predicted molar refractivity (Wildman–Crippen MR) is 97.4 cm³/mol. The molecule has 4 heterocycles. The molecule has 4 rings (SSSR count). The van der Waals surface area contributed by atoms with E-state index in [2.05, 4.69) is 10.1 Å². The average Bonchev–Trinajstić information content (AvgIpc) is 3.27. The number of morpholine rings is 1. The highest BCUT2D eigenvalue weighted by Crippen LogP contribution is 2.45. The molecule has 0 saturated carbocycles. The third-order valence-corrected chi connectivity index (χ3v) is 5.80. The number of thiophene rings is 1. The summed E-state index contributed by atoms with van der Waals surface area (Å²) in [6, 6.07) is 3.77. The van der Waals surface area contributed by atoms with Gasteiger partial charge in [-0.1, -0.05) is 11.6 Å². The van der Waals surface area contributed by atoms with Gasteiger partial charge in [0.2, 0.25) is 0 Å². The van der Waals surface area contributed by atoms with Crippen LogP contribution < -0.4 is 0 Å². The normalized spacial score (nSPS) is 16.6. The fourth-order valence-electron chi connectivity index (χ4n) is 3.07. The Labute approximate surface area is 170 Å². The summed E-state index contributed by atoms with van der Waals surface area (Å²) in [6.45, 7) is 2.57. The SMILES string of the molecule is FC(F)(F)C(F)(F)c1cc(-c2ccc(Cl)s2)nc2c(CN3CCOCC3)cnn12. The smallest absolute Gasteiger partial charge is 0.379 e. The first-order valence-electron chi connectivity index (χ1n) is 8.55. The number of aromatic nitrogens is 3. The highest BCUT2D eigenvalue weighted by molar-refractivity contribution is 7.19. The first-order chi connectivity index (χ1) is 13.7. The molecule has 29 heavy (non-hydrogen) atoms. The average molecular weight is 453 g/mol. The van der Waals surface area contributed by atoms with Gasteiger partial charge in [0.1, 0.15) is 5.69 Å². The summed E-state index contributed by atoms with van der Waals surface area (Å²) in [5.74, 6) is -5.10. The molecule has 3 aromatic rings. The van der Waals surface area contributed by atoms with Gasteiger partial charge in [0.05, 0.1) is 34.3 Å². The second kappa shape index (κ2) is 7.46. The van der Waals surface area contributed by atoms with E-state index in [1.54, 1.807) is 0 Å². The molecule has 0 atom stereocenters. The van der Waals surface area contributed by atoms with E-state index < -0.39 is 17.8 Å². The first-order valence-corrected chi connectivity index (χ1v) is 9.75. The molecule has 1 saturated heterocycles. The third kappa shape index (κ3) is 3.83. The van der Waals surface area contributed by atoms with Crippen LogP contribution in [0.2, 0.25) is 4.34 Å². The maximum atomic E-state index is 14.3. The van der Waals surface area contributed by atoms with E-state index in [0.29, 0.717) is 58.2 Å². The van der Waals surface area contributed by atoms with E-state index in [-0.39, 0.29) is 11.3 Å². The van der Waals surface area contributed by atoms with E-state index in [1.165, 1.54) is 18.3 Å². The first kappa shape index (κ1) is 20.5. The van der Waals surface area contributed by atoms with Gasteiger partial charge in [-0.2, -0.15) is 27.1 Å². The zero-order chi connectivity index (χ0) is 20.8. The zero-order valence-corrected chi connectivity index (χ0v) is 16.3. The van der Waals surface area contributed by atoms with E-state index in [0.717, 1.165) is 11.3 Å². The Morgan fingerprint density at radius 2 is 1.86 bits per heavy atom. The highest BCUT2D eigenvalue weighted by Gasteiger charge is 2.60. The summed E-state index contributed by atoms with van der Waals surface area (Å²) in [6.07, 6.45) is -4.50. The Bertz CT molecular complexity index is 1030. The molecular formula is C17H14ClF5N4OS. The van der Waals surface area contributed by atoms with Gasteiger partial charge in [-0.15, -0.1) is 11.3 Å². The topological polar surface area (TPSA) is 42.7 Å². The fourth-order valence-corrected chi connectivity index (χ4v) is 4.07. The van der Waals surface area contributed by atoms with Crippen LogP contribution in [0.25, 0.3) is 16.2 Å². The van der Waals surface area contributed by atoms with Crippen LogP contribution in [0, 0.1) is 0 Å². The zero-order valence-electron chi connectivity index (χ0n) is 14.7. The number of halogens is 6. The molecule has 0 amide bonds. The van der Waals surface area contributed by atoms with Gasteiger partial charge in [0.25, 0.3) is 0 Å². The van der Waals surface area contributed by atoms with Gasteiger partial charge in [0, 0.05) is 25.2 Å². The number of ether oxygens (including phenoxy) is 1. The molecule has 0 spiro atoms. The van der Waals surface area contributed by atoms with Gasteiger partial charge in [0.15, 0.2) is 5.65 Å². The van der Waals surface area contributed by atoms with Crippen molar-refractivity contribution in [2.45, 2.75) is 18.6 Å². The lowest BCUT2D eigenvalue weighted by molar-refractivity contribution is -0.291. The molecule has 0 radical (unpaired) electrons. The molecule has 0 N–H and O–H groups in total. The predicted octanol–water partition coefficient (Wildman–Crippen LogP) is 4.60. The van der Waals surface area contributed by atoms with Crippen LogP contribution in [0.4, 0.5) is 22.0 Å². The summed E-state index contributed by atoms with van der Waals surface area (Å²) in [5, 5.41) is 3.80. The monoisotopic (exact) mass is 452 g/mol. The molecule has 5 nitrogen and oxygen atoms in total. The number of rotatable bonds is 4. The van der Waals surface area contributed by atoms with Crippen LogP contribution in [0.15, 0.2) is 24.4 Å². The molecule has 0 aliphatic carbocycles. The molecule has 3 aromatic heterocycles. The Hall–Kier alpha value is -1.82. The van der Waals surface area contributed by atoms with Crippen molar-refractivity contribution in [2.75, 3.05) is 26.3 Å². The van der Waals surface area contributed by atoms with E-state index >= 15 is 0 Å². The van der Waals surface area contributed by atoms with E-state index in [1.807, 2.05) is 4.90 Å². The third-order valence-electron chi connectivity index (χ3n) is 4.55. The minimum atomic E-state index is -5.78. The summed E-state index contributed by atoms with van der Waals surface area (Å²) >= 11 is 6.94. The molecule has 12 heteroatoms. The van der Waals surface area contributed by atoms with Crippen molar-refractivity contribution in [1.82, 2.24) is 19.5 Å². The number of alkyl halides is 5. The van der Waals surface area contributed by atoms with Crippen LogP contribution in [0.1, 0.15) is 11.3 Å². The molecule has 156 valence electrons. The lowest BCUT2D eigenvalue weighted by Gasteiger charge is -2.26. The number of nitrogens with zero attached hydrogens (tertiary/aromatic N) is 4. The second-order valence-corrected chi connectivity index (χ2v) is 8.21. The molecular weight excluding hydrogens is 439 g/mol. The van der Waals surface area contributed by atoms with Crippen molar-refractivity contribution in [1.29, 1.82) is 0 Å². The Kier molecular flexibility index (Phi) is 5.26. The summed E-state index contributed by atoms with van der Waals surface area (Å²) in [7, 11) is 0. The van der Waals surface area contributed by atoms with Crippen molar-refractivity contribution in [2.24, 2.45) is 0 Å². The fraction of sp³-hybridized carbons (Fsp3) is 0.412. The lowest BCUT2D eigenvalue weighted by atomic mass is 10.1. The second-order valence-electron chi connectivity index (χ2n) is 6.50. The van der Waals surface area contributed by atoms with Crippen molar-refractivity contribution in [3.8, 4) is 10.6 Å². The minimum absolute atomic E-state index is 0.0166. The maximum Gasteiger partial charge on any atom is 0.459 e. The summed E-state index contributed by atoms with van der Waals surface area (Å²) in [4.78, 5) is 6.72. The Morgan fingerprint density at radius 1 is 1.14 bits per heavy atom. The van der Waals surface area contributed by atoms with Gasteiger partial charge < -0.3 is 4.74 Å². The highest BCUT2D eigenvalue weighted by atomic mass is 35.5. The van der Waals surface area contributed by atoms with E-state index in [9.17, 15) is 22.0 Å². The largest absolute Gasteiger partial charge is 0.459 e. The number of fused-ring (bicyclic) bond motifs is 1. The summed E-state index contributed by atoms with van der Waals surface area (Å²) in [5.41, 5.74) is -0.895.